The van der Waals surface area contributed by atoms with Crippen LogP contribution >= 0.6 is 0 Å². The van der Waals surface area contributed by atoms with Crippen LogP contribution in [-0.4, -0.2) is 62.3 Å². The van der Waals surface area contributed by atoms with Crippen molar-refractivity contribution in [2.45, 2.75) is 44.8 Å². The zero-order valence-electron chi connectivity index (χ0n) is 27.5. The summed E-state index contributed by atoms with van der Waals surface area (Å²) in [6, 6.07) is 12.1. The van der Waals surface area contributed by atoms with Crippen LogP contribution < -0.4 is 19.3 Å². The van der Waals surface area contributed by atoms with Crippen LogP contribution in [0.5, 0.6) is 17.2 Å². The number of imide groups is 1. The number of hydrogen-bond acceptors (Lipinski definition) is 9. The van der Waals surface area contributed by atoms with Crippen LogP contribution in [-0.2, 0) is 30.3 Å². The second-order valence-corrected chi connectivity index (χ2v) is 14.2. The summed E-state index contributed by atoms with van der Waals surface area (Å²) in [5, 5.41) is 0.556. The number of amides is 3. The number of urea groups is 1. The number of ether oxygens (including phenoxy) is 3. The average Bonchev–Trinajstić information content (AvgIpc) is 3.30. The standard InChI is InChI=1S/C34H29F6N3O8S/c1-19(2)25-17-22(8-11-27(25)50-28-12-13-41-26-18-23(9-10-24(26)28)49-14-5-15-52(3,47)48)42-29(44)30(51-31(45)34(38,39)40)43(32(42)46)21-7-4-6-20(16-21)33(35,36)37/h4,6-13,16-19,30H,5,14-15H2,1-3H3. The molecule has 1 unspecified atom stereocenters. The minimum atomic E-state index is -5.59. The van der Waals surface area contributed by atoms with E-state index in [0.29, 0.717) is 51.4 Å². The fourth-order valence-electron chi connectivity index (χ4n) is 5.24. The number of benzene rings is 3. The van der Waals surface area contributed by atoms with E-state index in [-0.39, 0.29) is 34.6 Å². The first-order valence-corrected chi connectivity index (χ1v) is 17.4. The largest absolute Gasteiger partial charge is 0.493 e. The molecule has 52 heavy (non-hydrogen) atoms. The number of pyridine rings is 1. The number of carbonyl (C=O) groups excluding carboxylic acids is 3. The predicted octanol–water partition coefficient (Wildman–Crippen LogP) is 7.39. The van der Waals surface area contributed by atoms with Gasteiger partial charge in [-0.15, -0.1) is 0 Å². The molecule has 276 valence electrons. The third-order valence-corrected chi connectivity index (χ3v) is 8.69. The Kier molecular flexibility index (Phi) is 10.4. The zero-order chi connectivity index (χ0) is 38.2. The summed E-state index contributed by atoms with van der Waals surface area (Å²) in [4.78, 5) is 44.0. The van der Waals surface area contributed by atoms with E-state index < -0.39 is 57.6 Å². The first-order chi connectivity index (χ1) is 24.2. The molecule has 1 aromatic heterocycles. The molecule has 0 saturated carbocycles. The average molecular weight is 754 g/mol. The maximum Gasteiger partial charge on any atom is 0.491 e. The highest BCUT2D eigenvalue weighted by Crippen LogP contribution is 2.40. The Morgan fingerprint density at radius 3 is 2.31 bits per heavy atom. The molecule has 1 atom stereocenters. The van der Waals surface area contributed by atoms with Crippen molar-refractivity contribution in [1.82, 2.24) is 4.98 Å². The summed E-state index contributed by atoms with van der Waals surface area (Å²) < 4.78 is 119. The van der Waals surface area contributed by atoms with Crippen LogP contribution in [0.3, 0.4) is 0 Å². The Hall–Kier alpha value is -5.39. The second-order valence-electron chi connectivity index (χ2n) is 11.9. The van der Waals surface area contributed by atoms with Crippen molar-refractivity contribution in [3.8, 4) is 17.2 Å². The minimum absolute atomic E-state index is 0.0337. The van der Waals surface area contributed by atoms with Crippen LogP contribution in [0.2, 0.25) is 0 Å². The number of hydrogen-bond donors (Lipinski definition) is 0. The molecule has 0 radical (unpaired) electrons. The Balaban J connectivity index is 1.46. The van der Waals surface area contributed by atoms with Crippen molar-refractivity contribution < 1.29 is 63.4 Å². The van der Waals surface area contributed by atoms with Gasteiger partial charge in [0.05, 0.1) is 34.8 Å². The van der Waals surface area contributed by atoms with Crippen LogP contribution in [0.1, 0.15) is 37.3 Å². The number of sulfone groups is 1. The molecule has 0 bridgehead atoms. The number of anilines is 2. The lowest BCUT2D eigenvalue weighted by atomic mass is 10.0. The van der Waals surface area contributed by atoms with E-state index in [1.54, 1.807) is 38.1 Å². The van der Waals surface area contributed by atoms with Gasteiger partial charge in [-0.3, -0.25) is 9.78 Å². The molecule has 1 aliphatic heterocycles. The number of fused-ring (bicyclic) bond motifs is 1. The summed E-state index contributed by atoms with van der Waals surface area (Å²) in [5.74, 6) is -3.64. The lowest BCUT2D eigenvalue weighted by molar-refractivity contribution is -0.204. The van der Waals surface area contributed by atoms with Crippen molar-refractivity contribution in [2.75, 3.05) is 28.4 Å². The molecule has 1 aliphatic rings. The van der Waals surface area contributed by atoms with Gasteiger partial charge in [-0.2, -0.15) is 26.3 Å². The zero-order valence-corrected chi connectivity index (χ0v) is 28.3. The molecule has 5 rings (SSSR count). The first kappa shape index (κ1) is 37.9. The quantitative estimate of drug-likeness (QED) is 0.0666. The smallest absolute Gasteiger partial charge is 0.491 e. The number of nitrogens with zero attached hydrogens (tertiary/aromatic N) is 3. The molecule has 0 N–H and O–H groups in total. The molecule has 0 aliphatic carbocycles. The minimum Gasteiger partial charge on any atom is -0.493 e. The molecule has 1 saturated heterocycles. The van der Waals surface area contributed by atoms with Gasteiger partial charge in [0.2, 0.25) is 0 Å². The number of carbonyl (C=O) groups is 3. The Morgan fingerprint density at radius 1 is 0.923 bits per heavy atom. The summed E-state index contributed by atoms with van der Waals surface area (Å²) in [6.07, 6.45) is -10.2. The Bertz CT molecular complexity index is 2140. The highest BCUT2D eigenvalue weighted by Gasteiger charge is 2.53. The van der Waals surface area contributed by atoms with Crippen molar-refractivity contribution in [3.63, 3.8) is 0 Å². The van der Waals surface area contributed by atoms with E-state index in [2.05, 4.69) is 9.72 Å². The van der Waals surface area contributed by atoms with Gasteiger partial charge in [-0.1, -0.05) is 19.9 Å². The molecule has 3 aromatic carbocycles. The van der Waals surface area contributed by atoms with Crippen molar-refractivity contribution >= 4 is 50.0 Å². The van der Waals surface area contributed by atoms with E-state index >= 15 is 0 Å². The number of esters is 1. The summed E-state index contributed by atoms with van der Waals surface area (Å²) in [6.45, 7) is 3.66. The maximum absolute atomic E-state index is 13.7. The fourth-order valence-corrected chi connectivity index (χ4v) is 5.88. The highest BCUT2D eigenvalue weighted by atomic mass is 32.2. The molecule has 3 amide bonds. The topological polar surface area (TPSA) is 132 Å². The van der Waals surface area contributed by atoms with Gasteiger partial charge in [0.1, 0.15) is 27.1 Å². The van der Waals surface area contributed by atoms with Gasteiger partial charge < -0.3 is 14.2 Å². The molecule has 18 heteroatoms. The lowest BCUT2D eigenvalue weighted by Gasteiger charge is -2.23. The molecule has 1 fully saturated rings. The number of rotatable bonds is 11. The molecular formula is C34H29F6N3O8S. The molecule has 4 aromatic rings. The van der Waals surface area contributed by atoms with Gasteiger partial charge in [-0.25, -0.2) is 27.8 Å². The molecular weight excluding hydrogens is 724 g/mol. The Morgan fingerprint density at radius 2 is 1.65 bits per heavy atom. The predicted molar refractivity (Wildman–Crippen MR) is 175 cm³/mol. The van der Waals surface area contributed by atoms with E-state index in [4.69, 9.17) is 9.47 Å². The third kappa shape index (κ3) is 8.38. The van der Waals surface area contributed by atoms with Crippen molar-refractivity contribution in [2.24, 2.45) is 0 Å². The monoisotopic (exact) mass is 753 g/mol. The van der Waals surface area contributed by atoms with Crippen LogP contribution in [0.4, 0.5) is 42.5 Å². The van der Waals surface area contributed by atoms with Gasteiger partial charge in [0.25, 0.3) is 12.1 Å². The first-order valence-electron chi connectivity index (χ1n) is 15.4. The highest BCUT2D eigenvalue weighted by molar-refractivity contribution is 7.90. The van der Waals surface area contributed by atoms with Crippen LogP contribution in [0.25, 0.3) is 10.9 Å². The lowest BCUT2D eigenvalue weighted by Crippen LogP contribution is -2.42. The van der Waals surface area contributed by atoms with Gasteiger partial charge in [0.15, 0.2) is 0 Å². The molecule has 2 heterocycles. The number of alkyl halides is 6. The van der Waals surface area contributed by atoms with Gasteiger partial charge in [0, 0.05) is 23.9 Å². The molecule has 0 spiro atoms. The number of aromatic nitrogens is 1. The summed E-state index contributed by atoms with van der Waals surface area (Å²) >= 11 is 0. The maximum atomic E-state index is 13.7. The summed E-state index contributed by atoms with van der Waals surface area (Å²) in [7, 11) is -3.14. The number of halogens is 6. The van der Waals surface area contributed by atoms with Gasteiger partial charge in [-0.05, 0) is 72.5 Å². The van der Waals surface area contributed by atoms with E-state index in [9.17, 15) is 49.1 Å². The van der Waals surface area contributed by atoms with E-state index in [1.165, 1.54) is 24.4 Å². The third-order valence-electron chi connectivity index (χ3n) is 7.66. The normalized spacial score (nSPS) is 15.5. The van der Waals surface area contributed by atoms with Crippen molar-refractivity contribution in [1.29, 1.82) is 0 Å². The van der Waals surface area contributed by atoms with Crippen LogP contribution in [0.15, 0.2) is 72.9 Å². The van der Waals surface area contributed by atoms with Crippen molar-refractivity contribution in [3.05, 3.63) is 84.1 Å². The summed E-state index contributed by atoms with van der Waals surface area (Å²) in [5.41, 5.74) is -1.22. The van der Waals surface area contributed by atoms with E-state index in [1.807, 2.05) is 0 Å². The fraction of sp³-hybridized carbons (Fsp3) is 0.294. The van der Waals surface area contributed by atoms with E-state index in [0.717, 1.165) is 18.4 Å². The Labute approximate surface area is 292 Å². The van der Waals surface area contributed by atoms with Gasteiger partial charge >= 0.3 is 24.4 Å². The SMILES string of the molecule is CC(C)c1cc(N2C(=O)C(OC(=O)C(F)(F)F)N(c3cccc(C(F)(F)F)c3)C2=O)ccc1Oc1ccnc2cc(OCCCS(C)(=O)=O)ccc12. The second kappa shape index (κ2) is 14.3. The van der Waals surface area contributed by atoms with Crippen LogP contribution in [0, 0.1) is 0 Å². The molecule has 11 nitrogen and oxygen atoms in total.